The van der Waals surface area contributed by atoms with E-state index in [0.29, 0.717) is 12.0 Å². The maximum Gasteiger partial charge on any atom is 0.0388 e. The van der Waals surface area contributed by atoms with Crippen molar-refractivity contribution in [1.82, 2.24) is 4.90 Å². The molecular formula is C16H29NSi. The summed E-state index contributed by atoms with van der Waals surface area (Å²) in [6.07, 6.45) is 1.20. The first-order valence-corrected chi connectivity index (χ1v) is 8.40. The van der Waals surface area contributed by atoms with Gasteiger partial charge in [-0.25, -0.2) is 0 Å². The van der Waals surface area contributed by atoms with Crippen molar-refractivity contribution in [3.8, 4) is 0 Å². The van der Waals surface area contributed by atoms with Crippen molar-refractivity contribution in [2.75, 3.05) is 13.1 Å². The summed E-state index contributed by atoms with van der Waals surface area (Å²) < 4.78 is 0. The fraction of sp³-hybridized carbons (Fsp3) is 0.625. The quantitative estimate of drug-likeness (QED) is 0.713. The molecule has 0 bridgehead atoms. The van der Waals surface area contributed by atoms with E-state index < -0.39 is 0 Å². The molecule has 18 heavy (non-hydrogen) atoms. The van der Waals surface area contributed by atoms with Gasteiger partial charge < -0.3 is 0 Å². The van der Waals surface area contributed by atoms with Gasteiger partial charge in [0.2, 0.25) is 0 Å². The predicted molar refractivity (Wildman–Crippen MR) is 86.1 cm³/mol. The molecule has 2 heteroatoms. The van der Waals surface area contributed by atoms with E-state index in [4.69, 9.17) is 0 Å². The van der Waals surface area contributed by atoms with Crippen molar-refractivity contribution in [2.45, 2.75) is 53.0 Å². The summed E-state index contributed by atoms with van der Waals surface area (Å²) in [7, 11) is 1.15. The maximum atomic E-state index is 2.59. The molecular weight excluding hydrogens is 234 g/mol. The number of hydrogen-bond acceptors (Lipinski definition) is 1. The molecule has 0 saturated heterocycles. The van der Waals surface area contributed by atoms with Crippen LogP contribution in [0.4, 0.5) is 0 Å². The molecule has 1 nitrogen and oxygen atoms in total. The van der Waals surface area contributed by atoms with Gasteiger partial charge in [0.15, 0.2) is 0 Å². The van der Waals surface area contributed by atoms with Gasteiger partial charge in [-0.15, -0.1) is 0 Å². The molecule has 0 amide bonds. The van der Waals surface area contributed by atoms with E-state index >= 15 is 0 Å². The highest BCUT2D eigenvalue weighted by molar-refractivity contribution is 6.33. The molecule has 0 N–H and O–H groups in total. The van der Waals surface area contributed by atoms with E-state index in [-0.39, 0.29) is 0 Å². The lowest BCUT2D eigenvalue weighted by atomic mass is 9.90. The van der Waals surface area contributed by atoms with Crippen LogP contribution in [0.5, 0.6) is 0 Å². The minimum atomic E-state index is 0.589. The summed E-state index contributed by atoms with van der Waals surface area (Å²) in [5.41, 5.74) is 3.19. The molecule has 102 valence electrons. The third-order valence-electron chi connectivity index (χ3n) is 3.93. The molecule has 0 aliphatic heterocycles. The van der Waals surface area contributed by atoms with Gasteiger partial charge in [0.25, 0.3) is 0 Å². The van der Waals surface area contributed by atoms with Crippen molar-refractivity contribution in [3.63, 3.8) is 0 Å². The van der Waals surface area contributed by atoms with Gasteiger partial charge >= 0.3 is 0 Å². The van der Waals surface area contributed by atoms with Crippen molar-refractivity contribution >= 4 is 15.4 Å². The van der Waals surface area contributed by atoms with Gasteiger partial charge in [-0.05, 0) is 36.6 Å². The zero-order valence-corrected chi connectivity index (χ0v) is 15.0. The van der Waals surface area contributed by atoms with Crippen LogP contribution in [0.2, 0.25) is 0 Å². The van der Waals surface area contributed by atoms with E-state index in [0.717, 1.165) is 23.3 Å². The number of rotatable bonds is 6. The van der Waals surface area contributed by atoms with Crippen LogP contribution in [0.3, 0.4) is 0 Å². The van der Waals surface area contributed by atoms with Crippen molar-refractivity contribution in [1.29, 1.82) is 0 Å². The van der Waals surface area contributed by atoms with Crippen LogP contribution in [0.15, 0.2) is 18.2 Å². The van der Waals surface area contributed by atoms with Crippen molar-refractivity contribution in [3.05, 3.63) is 29.3 Å². The second kappa shape index (κ2) is 7.10. The van der Waals surface area contributed by atoms with Crippen LogP contribution in [0.1, 0.15) is 64.1 Å². The Morgan fingerprint density at radius 2 is 1.72 bits per heavy atom. The van der Waals surface area contributed by atoms with Crippen molar-refractivity contribution < 1.29 is 0 Å². The Hall–Kier alpha value is -0.603. The molecule has 1 unspecified atom stereocenters. The first kappa shape index (κ1) is 15.5. The van der Waals surface area contributed by atoms with E-state index in [1.165, 1.54) is 6.42 Å². The van der Waals surface area contributed by atoms with E-state index in [1.807, 2.05) is 0 Å². The Kier molecular flexibility index (Phi) is 6.10. The monoisotopic (exact) mass is 263 g/mol. The standard InChI is InChI=1S/C16H29NSi/c1-6-14(17(7-2)8-3)13-10-9-11-15(18)16(13)12(4)5/h9-12,14H,6-8H2,1-5,18H3. The van der Waals surface area contributed by atoms with E-state index in [9.17, 15) is 0 Å². The second-order valence-electron chi connectivity index (χ2n) is 5.38. The van der Waals surface area contributed by atoms with Crippen LogP contribution in [-0.2, 0) is 0 Å². The molecule has 0 aliphatic rings. The maximum absolute atomic E-state index is 2.59. The van der Waals surface area contributed by atoms with Gasteiger partial charge in [0.1, 0.15) is 0 Å². The predicted octanol–water partition coefficient (Wildman–Crippen LogP) is 2.59. The van der Waals surface area contributed by atoms with Gasteiger partial charge in [-0.3, -0.25) is 4.90 Å². The molecule has 1 atom stereocenters. The number of benzene rings is 1. The van der Waals surface area contributed by atoms with E-state index in [1.54, 1.807) is 16.3 Å². The minimum Gasteiger partial charge on any atom is -0.297 e. The average Bonchev–Trinajstić information content (AvgIpc) is 2.35. The first-order valence-electron chi connectivity index (χ1n) is 7.40. The lowest BCUT2D eigenvalue weighted by Gasteiger charge is -2.32. The van der Waals surface area contributed by atoms with Crippen molar-refractivity contribution in [2.24, 2.45) is 0 Å². The SMILES string of the molecule is CCC(c1cccc([SiH3])c1C(C)C)N(CC)CC. The largest absolute Gasteiger partial charge is 0.297 e. The highest BCUT2D eigenvalue weighted by Crippen LogP contribution is 2.29. The summed E-state index contributed by atoms with van der Waals surface area (Å²) in [5.74, 6) is 0.637. The zero-order valence-electron chi connectivity index (χ0n) is 13.0. The first-order chi connectivity index (χ1) is 8.56. The smallest absolute Gasteiger partial charge is 0.0388 e. The lowest BCUT2D eigenvalue weighted by Crippen LogP contribution is -2.30. The Morgan fingerprint density at radius 1 is 1.11 bits per heavy atom. The molecule has 0 spiro atoms. The second-order valence-corrected chi connectivity index (χ2v) is 6.46. The molecule has 1 aromatic rings. The normalized spacial score (nSPS) is 13.5. The third-order valence-corrected chi connectivity index (χ3v) is 4.81. The highest BCUT2D eigenvalue weighted by atomic mass is 28.1. The summed E-state index contributed by atoms with van der Waals surface area (Å²) in [6.45, 7) is 13.8. The highest BCUT2D eigenvalue weighted by Gasteiger charge is 2.20. The topological polar surface area (TPSA) is 3.24 Å². The Bertz CT molecular complexity index is 369. The molecule has 0 saturated carbocycles. The summed E-state index contributed by atoms with van der Waals surface area (Å²) in [4.78, 5) is 2.59. The molecule has 0 aliphatic carbocycles. The van der Waals surface area contributed by atoms with Gasteiger partial charge in [-0.2, -0.15) is 0 Å². The Balaban J connectivity index is 3.24. The molecule has 0 radical (unpaired) electrons. The minimum absolute atomic E-state index is 0.589. The Morgan fingerprint density at radius 3 is 2.17 bits per heavy atom. The summed E-state index contributed by atoms with van der Waals surface area (Å²) in [6, 6.07) is 7.49. The number of hydrogen-bond donors (Lipinski definition) is 0. The fourth-order valence-corrected chi connectivity index (χ4v) is 4.18. The molecule has 0 fully saturated rings. The average molecular weight is 264 g/mol. The molecule has 0 aromatic heterocycles. The number of nitrogens with zero attached hydrogens (tertiary/aromatic N) is 1. The van der Waals surface area contributed by atoms with Crippen LogP contribution >= 0.6 is 0 Å². The lowest BCUT2D eigenvalue weighted by molar-refractivity contribution is 0.212. The molecule has 0 heterocycles. The Labute approximate surface area is 116 Å². The summed E-state index contributed by atoms with van der Waals surface area (Å²) >= 11 is 0. The van der Waals surface area contributed by atoms with Crippen LogP contribution in [0, 0.1) is 0 Å². The zero-order chi connectivity index (χ0) is 13.7. The fourth-order valence-electron chi connectivity index (χ4n) is 3.12. The van der Waals surface area contributed by atoms with E-state index in [2.05, 4.69) is 57.7 Å². The molecule has 1 aromatic carbocycles. The molecule has 1 rings (SSSR count). The van der Waals surface area contributed by atoms with Gasteiger partial charge in [0, 0.05) is 16.3 Å². The van der Waals surface area contributed by atoms with Crippen LogP contribution in [0.25, 0.3) is 0 Å². The van der Waals surface area contributed by atoms with Crippen LogP contribution in [-0.4, -0.2) is 28.2 Å². The third kappa shape index (κ3) is 3.24. The van der Waals surface area contributed by atoms with Gasteiger partial charge in [-0.1, -0.05) is 58.0 Å². The summed E-state index contributed by atoms with van der Waals surface area (Å²) in [5, 5.41) is 1.58. The van der Waals surface area contributed by atoms with Gasteiger partial charge in [0.05, 0.1) is 0 Å². The van der Waals surface area contributed by atoms with Crippen LogP contribution < -0.4 is 5.19 Å².